The lowest BCUT2D eigenvalue weighted by molar-refractivity contribution is -0.122. The lowest BCUT2D eigenvalue weighted by atomic mass is 10.1. The van der Waals surface area contributed by atoms with E-state index < -0.39 is 6.04 Å². The van der Waals surface area contributed by atoms with Crippen LogP contribution in [-0.4, -0.2) is 17.5 Å². The molecule has 0 radical (unpaired) electrons. The average molecular weight is 260 g/mol. The van der Waals surface area contributed by atoms with Gasteiger partial charge in [0.15, 0.2) is 0 Å². The summed E-state index contributed by atoms with van der Waals surface area (Å²) >= 11 is 0. The van der Waals surface area contributed by atoms with Crippen LogP contribution in [0.15, 0.2) is 18.2 Å². The predicted octanol–water partition coefficient (Wildman–Crippen LogP) is 1.86. The normalized spacial score (nSPS) is 12.4. The summed E-state index contributed by atoms with van der Waals surface area (Å²) in [5.41, 5.74) is 6.89. The fourth-order valence-electron chi connectivity index (χ4n) is 1.56. The van der Waals surface area contributed by atoms with E-state index in [1.54, 1.807) is 25.1 Å². The molecule has 0 fully saturated rings. The zero-order valence-electron chi connectivity index (χ0n) is 11.7. The van der Waals surface area contributed by atoms with Crippen LogP contribution in [0, 0.1) is 11.3 Å². The molecule has 0 saturated heterocycles. The number of carbonyl (C=O) groups is 1. The number of nitrogens with one attached hydrogen (secondary N) is 2. The topological polar surface area (TPSA) is 90.9 Å². The molecule has 102 valence electrons. The van der Waals surface area contributed by atoms with Gasteiger partial charge < -0.3 is 16.4 Å². The molecule has 1 unspecified atom stereocenters. The molecular weight excluding hydrogens is 240 g/mol. The van der Waals surface area contributed by atoms with Crippen LogP contribution in [0.3, 0.4) is 0 Å². The van der Waals surface area contributed by atoms with Crippen LogP contribution in [-0.2, 0) is 4.79 Å². The molecular formula is C14H20N4O. The zero-order chi connectivity index (χ0) is 14.6. The van der Waals surface area contributed by atoms with Crippen molar-refractivity contribution in [3.05, 3.63) is 23.8 Å². The van der Waals surface area contributed by atoms with Crippen LogP contribution in [0.4, 0.5) is 11.4 Å². The standard InChI is InChI=1S/C14H20N4O/c1-9(13(19)18-14(2,3)4)17-12-6-5-11(16)7-10(12)8-15/h5-7,9,17H,16H2,1-4H3,(H,18,19). The van der Waals surface area contributed by atoms with Gasteiger partial charge in [0.25, 0.3) is 0 Å². The second kappa shape index (κ2) is 5.61. The van der Waals surface area contributed by atoms with Gasteiger partial charge in [-0.15, -0.1) is 0 Å². The van der Waals surface area contributed by atoms with E-state index in [1.807, 2.05) is 20.8 Å². The molecule has 0 aliphatic carbocycles. The zero-order valence-corrected chi connectivity index (χ0v) is 11.7. The molecule has 0 aliphatic heterocycles. The molecule has 1 atom stereocenters. The third kappa shape index (κ3) is 4.51. The Balaban J connectivity index is 2.80. The molecule has 19 heavy (non-hydrogen) atoms. The molecule has 1 aromatic carbocycles. The molecule has 0 spiro atoms. The van der Waals surface area contributed by atoms with E-state index in [9.17, 15) is 4.79 Å². The number of nitrogens with zero attached hydrogens (tertiary/aromatic N) is 1. The summed E-state index contributed by atoms with van der Waals surface area (Å²) in [5, 5.41) is 14.9. The van der Waals surface area contributed by atoms with Crippen molar-refractivity contribution in [2.24, 2.45) is 0 Å². The van der Waals surface area contributed by atoms with Crippen molar-refractivity contribution >= 4 is 17.3 Å². The number of nitriles is 1. The lowest BCUT2D eigenvalue weighted by Crippen LogP contribution is -2.47. The number of anilines is 2. The Morgan fingerprint density at radius 3 is 2.58 bits per heavy atom. The smallest absolute Gasteiger partial charge is 0.242 e. The van der Waals surface area contributed by atoms with Crippen LogP contribution in [0.5, 0.6) is 0 Å². The third-order valence-electron chi connectivity index (χ3n) is 2.43. The van der Waals surface area contributed by atoms with Gasteiger partial charge in [-0.1, -0.05) is 0 Å². The van der Waals surface area contributed by atoms with E-state index >= 15 is 0 Å². The molecule has 4 N–H and O–H groups in total. The summed E-state index contributed by atoms with van der Waals surface area (Å²) in [6.07, 6.45) is 0. The molecule has 1 rings (SSSR count). The van der Waals surface area contributed by atoms with Gasteiger partial charge in [-0.3, -0.25) is 4.79 Å². The molecule has 1 amide bonds. The maximum Gasteiger partial charge on any atom is 0.242 e. The minimum Gasteiger partial charge on any atom is -0.399 e. The van der Waals surface area contributed by atoms with Crippen LogP contribution < -0.4 is 16.4 Å². The van der Waals surface area contributed by atoms with Crippen molar-refractivity contribution in [3.8, 4) is 6.07 Å². The van der Waals surface area contributed by atoms with Crippen molar-refractivity contribution < 1.29 is 4.79 Å². The molecule has 0 aromatic heterocycles. The Morgan fingerprint density at radius 1 is 1.42 bits per heavy atom. The van der Waals surface area contributed by atoms with Crippen molar-refractivity contribution in [2.75, 3.05) is 11.1 Å². The average Bonchev–Trinajstić information content (AvgIpc) is 2.29. The Hall–Kier alpha value is -2.22. The quantitative estimate of drug-likeness (QED) is 0.723. The first-order valence-corrected chi connectivity index (χ1v) is 6.11. The van der Waals surface area contributed by atoms with Crippen molar-refractivity contribution in [2.45, 2.75) is 39.3 Å². The Labute approximate surface area is 113 Å². The van der Waals surface area contributed by atoms with Gasteiger partial charge in [-0.25, -0.2) is 0 Å². The Kier molecular flexibility index (Phi) is 4.38. The number of nitrogens with two attached hydrogens (primary N) is 1. The van der Waals surface area contributed by atoms with Crippen molar-refractivity contribution in [1.82, 2.24) is 5.32 Å². The van der Waals surface area contributed by atoms with E-state index in [-0.39, 0.29) is 11.4 Å². The highest BCUT2D eigenvalue weighted by Crippen LogP contribution is 2.18. The first kappa shape index (κ1) is 14.8. The first-order chi connectivity index (χ1) is 8.73. The summed E-state index contributed by atoms with van der Waals surface area (Å²) < 4.78 is 0. The number of carbonyl (C=O) groups excluding carboxylic acids is 1. The molecule has 0 saturated carbocycles. The fourth-order valence-corrected chi connectivity index (χ4v) is 1.56. The number of hydrogen-bond acceptors (Lipinski definition) is 4. The van der Waals surface area contributed by atoms with Gasteiger partial charge in [0.2, 0.25) is 5.91 Å². The fraction of sp³-hybridized carbons (Fsp3) is 0.429. The maximum absolute atomic E-state index is 11.9. The van der Waals surface area contributed by atoms with Crippen LogP contribution in [0.2, 0.25) is 0 Å². The Bertz CT molecular complexity index is 511. The first-order valence-electron chi connectivity index (χ1n) is 6.11. The van der Waals surface area contributed by atoms with Gasteiger partial charge in [0.1, 0.15) is 12.1 Å². The minimum atomic E-state index is -0.435. The van der Waals surface area contributed by atoms with E-state index in [0.717, 1.165) is 0 Å². The van der Waals surface area contributed by atoms with E-state index in [0.29, 0.717) is 16.9 Å². The predicted molar refractivity (Wildman–Crippen MR) is 76.5 cm³/mol. The second-order valence-corrected chi connectivity index (χ2v) is 5.52. The van der Waals surface area contributed by atoms with Crippen LogP contribution in [0.1, 0.15) is 33.3 Å². The summed E-state index contributed by atoms with van der Waals surface area (Å²) in [5.74, 6) is -0.117. The van der Waals surface area contributed by atoms with E-state index in [1.165, 1.54) is 0 Å². The minimum absolute atomic E-state index is 0.117. The molecule has 5 heteroatoms. The molecule has 0 aliphatic rings. The molecule has 0 bridgehead atoms. The highest BCUT2D eigenvalue weighted by molar-refractivity contribution is 5.85. The number of rotatable bonds is 3. The number of amides is 1. The number of nitrogen functional groups attached to an aromatic ring is 1. The van der Waals surface area contributed by atoms with Crippen LogP contribution in [0.25, 0.3) is 0 Å². The highest BCUT2D eigenvalue weighted by Gasteiger charge is 2.19. The SMILES string of the molecule is CC(Nc1ccc(N)cc1C#N)C(=O)NC(C)(C)C. The van der Waals surface area contributed by atoms with Gasteiger partial charge in [-0.05, 0) is 45.9 Å². The number of hydrogen-bond donors (Lipinski definition) is 3. The molecule has 5 nitrogen and oxygen atoms in total. The third-order valence-corrected chi connectivity index (χ3v) is 2.43. The summed E-state index contributed by atoms with van der Waals surface area (Å²) in [6.45, 7) is 7.50. The van der Waals surface area contributed by atoms with Gasteiger partial charge in [0, 0.05) is 11.2 Å². The molecule has 0 heterocycles. The van der Waals surface area contributed by atoms with E-state index in [2.05, 4.69) is 16.7 Å². The van der Waals surface area contributed by atoms with E-state index in [4.69, 9.17) is 11.0 Å². The lowest BCUT2D eigenvalue weighted by Gasteiger charge is -2.24. The van der Waals surface area contributed by atoms with Gasteiger partial charge in [0.05, 0.1) is 11.3 Å². The summed E-state index contributed by atoms with van der Waals surface area (Å²) in [7, 11) is 0. The summed E-state index contributed by atoms with van der Waals surface area (Å²) in [6, 6.07) is 6.59. The van der Waals surface area contributed by atoms with Gasteiger partial charge in [-0.2, -0.15) is 5.26 Å². The second-order valence-electron chi connectivity index (χ2n) is 5.52. The molecule has 1 aromatic rings. The van der Waals surface area contributed by atoms with Gasteiger partial charge >= 0.3 is 0 Å². The Morgan fingerprint density at radius 2 is 2.05 bits per heavy atom. The maximum atomic E-state index is 11.9. The number of benzene rings is 1. The highest BCUT2D eigenvalue weighted by atomic mass is 16.2. The van der Waals surface area contributed by atoms with Crippen molar-refractivity contribution in [3.63, 3.8) is 0 Å². The van der Waals surface area contributed by atoms with Crippen LogP contribution >= 0.6 is 0 Å². The summed E-state index contributed by atoms with van der Waals surface area (Å²) in [4.78, 5) is 11.9. The van der Waals surface area contributed by atoms with Crippen molar-refractivity contribution in [1.29, 1.82) is 5.26 Å². The monoisotopic (exact) mass is 260 g/mol. The largest absolute Gasteiger partial charge is 0.399 e.